The lowest BCUT2D eigenvalue weighted by Gasteiger charge is -2.02. The van der Waals surface area contributed by atoms with E-state index in [1.807, 2.05) is 18.2 Å². The highest BCUT2D eigenvalue weighted by molar-refractivity contribution is 5.86. The third kappa shape index (κ3) is 1.76. The topological polar surface area (TPSA) is 38.8 Å². The summed E-state index contributed by atoms with van der Waals surface area (Å²) in [6, 6.07) is 5.60. The highest BCUT2D eigenvalue weighted by Crippen LogP contribution is 2.45. The van der Waals surface area contributed by atoms with Crippen LogP contribution in [0.4, 0.5) is 0 Å². The van der Waals surface area contributed by atoms with Gasteiger partial charge in [-0.2, -0.15) is 0 Å². The first-order chi connectivity index (χ1) is 6.66. The molecule has 3 heteroatoms. The molecule has 0 radical (unpaired) electrons. The quantitative estimate of drug-likeness (QED) is 0.424. The Kier molecular flexibility index (Phi) is 2.00. The molecule has 1 aromatic rings. The van der Waals surface area contributed by atoms with Gasteiger partial charge in [0.15, 0.2) is 11.5 Å². The Labute approximate surface area is 81.9 Å². The van der Waals surface area contributed by atoms with Gasteiger partial charge >= 0.3 is 5.97 Å². The number of hydrogen-bond acceptors (Lipinski definition) is 3. The monoisotopic (exact) mass is 190 g/mol. The first kappa shape index (κ1) is 8.81. The van der Waals surface area contributed by atoms with Gasteiger partial charge in [-0.15, -0.1) is 0 Å². The average molecular weight is 190 g/mol. The molecule has 3 nitrogen and oxygen atoms in total. The fraction of sp³-hybridized carbons (Fsp3) is 0.182. The predicted octanol–water partition coefficient (Wildman–Crippen LogP) is 2.41. The molecular formula is C11H10O3. The summed E-state index contributed by atoms with van der Waals surface area (Å²) in [5, 5.41) is 0. The zero-order valence-corrected chi connectivity index (χ0v) is 7.87. The molecule has 1 aliphatic heterocycles. The number of carbonyl (C=O) groups excluding carboxylic acids is 1. The van der Waals surface area contributed by atoms with E-state index in [4.69, 9.17) is 9.47 Å². The second kappa shape index (κ2) is 3.18. The fourth-order valence-electron chi connectivity index (χ4n) is 1.07. The summed E-state index contributed by atoms with van der Waals surface area (Å²) in [5.41, 5.74) is 1.34. The van der Waals surface area contributed by atoms with Gasteiger partial charge in [0.1, 0.15) is 6.61 Å². The third-order valence-electron chi connectivity index (χ3n) is 1.90. The number of rotatable bonds is 3. The summed E-state index contributed by atoms with van der Waals surface area (Å²) in [6.07, 6.45) is 0. The molecule has 0 aliphatic carbocycles. The van der Waals surface area contributed by atoms with E-state index in [0.717, 1.165) is 17.1 Å². The second-order valence-electron chi connectivity index (χ2n) is 3.24. The van der Waals surface area contributed by atoms with Crippen LogP contribution in [-0.2, 0) is 16.1 Å². The summed E-state index contributed by atoms with van der Waals surface area (Å²) < 4.78 is 10.0. The average Bonchev–Trinajstić information content (AvgIpc) is 2.91. The van der Waals surface area contributed by atoms with Gasteiger partial charge in [0.2, 0.25) is 0 Å². The van der Waals surface area contributed by atoms with E-state index in [-0.39, 0.29) is 12.6 Å². The first-order valence-electron chi connectivity index (χ1n) is 4.30. The number of benzene rings is 1. The number of carbonyl (C=O) groups is 1. The van der Waals surface area contributed by atoms with Crippen LogP contribution in [0.25, 0.3) is 0 Å². The zero-order valence-electron chi connectivity index (χ0n) is 7.87. The maximum atomic E-state index is 11.1. The van der Waals surface area contributed by atoms with Crippen LogP contribution in [-0.4, -0.2) is 5.97 Å². The molecule has 1 heterocycles. The zero-order chi connectivity index (χ0) is 10.1. The van der Waals surface area contributed by atoms with Gasteiger partial charge in [-0.25, -0.2) is 4.79 Å². The number of esters is 1. The molecule has 2 rings (SSSR count). The maximum Gasteiger partial charge on any atom is 0.333 e. The van der Waals surface area contributed by atoms with Gasteiger partial charge in [0, 0.05) is 5.57 Å². The van der Waals surface area contributed by atoms with Gasteiger partial charge in [0.05, 0.1) is 0 Å². The lowest BCUT2D eigenvalue weighted by molar-refractivity contribution is -0.140. The van der Waals surface area contributed by atoms with Crippen LogP contribution in [0.3, 0.4) is 0 Å². The van der Waals surface area contributed by atoms with Crippen LogP contribution in [0.2, 0.25) is 0 Å². The highest BCUT2D eigenvalue weighted by atomic mass is 16.6. The van der Waals surface area contributed by atoms with E-state index in [1.165, 1.54) is 0 Å². The van der Waals surface area contributed by atoms with E-state index < -0.39 is 0 Å². The Morgan fingerprint density at radius 3 is 2.93 bits per heavy atom. The Balaban J connectivity index is 1.93. The van der Waals surface area contributed by atoms with Crippen molar-refractivity contribution in [3.63, 3.8) is 0 Å². The maximum absolute atomic E-state index is 11.1. The van der Waals surface area contributed by atoms with Crippen molar-refractivity contribution in [2.24, 2.45) is 0 Å². The second-order valence-corrected chi connectivity index (χ2v) is 3.24. The van der Waals surface area contributed by atoms with E-state index >= 15 is 0 Å². The van der Waals surface area contributed by atoms with E-state index in [2.05, 4.69) is 6.58 Å². The molecule has 0 saturated heterocycles. The molecule has 0 bridgehead atoms. The van der Waals surface area contributed by atoms with Crippen LogP contribution >= 0.6 is 0 Å². The van der Waals surface area contributed by atoms with Crippen molar-refractivity contribution in [3.8, 4) is 11.5 Å². The van der Waals surface area contributed by atoms with Crippen molar-refractivity contribution in [3.05, 3.63) is 35.9 Å². The van der Waals surface area contributed by atoms with E-state index in [0.29, 0.717) is 5.57 Å². The normalized spacial score (nSPS) is 11.2. The molecular weight excluding hydrogens is 180 g/mol. The highest BCUT2D eigenvalue weighted by Gasteiger charge is 2.19. The smallest absolute Gasteiger partial charge is 0.333 e. The molecule has 14 heavy (non-hydrogen) atoms. The molecule has 0 amide bonds. The van der Waals surface area contributed by atoms with Crippen LogP contribution in [0, 0.1) is 0 Å². The standard InChI is InChI=1S/C11H10O3/c1-7(2)11(12)13-6-8-3-4-9-10(5-8)14-9/h3-5H,1,6H2,2H3. The molecule has 1 aliphatic rings. The minimum absolute atomic E-state index is 0.266. The van der Waals surface area contributed by atoms with Crippen molar-refractivity contribution >= 4 is 5.97 Å². The summed E-state index contributed by atoms with van der Waals surface area (Å²) in [4.78, 5) is 11.1. The van der Waals surface area contributed by atoms with Crippen molar-refractivity contribution in [2.75, 3.05) is 0 Å². The Morgan fingerprint density at radius 2 is 2.29 bits per heavy atom. The predicted molar refractivity (Wildman–Crippen MR) is 51.1 cm³/mol. The SMILES string of the molecule is C=C(C)C(=O)OCc1ccc2c(c1)O2. The molecule has 0 fully saturated rings. The van der Waals surface area contributed by atoms with Crippen LogP contribution in [0.1, 0.15) is 12.5 Å². The number of hydrogen-bond donors (Lipinski definition) is 0. The largest absolute Gasteiger partial charge is 0.457 e. The Hall–Kier alpha value is -1.77. The number of fused-ring (bicyclic) bond motifs is 1. The van der Waals surface area contributed by atoms with Crippen LogP contribution < -0.4 is 4.74 Å². The summed E-state index contributed by atoms with van der Waals surface area (Å²) in [5.74, 6) is 1.41. The third-order valence-corrected chi connectivity index (χ3v) is 1.90. The molecule has 0 N–H and O–H groups in total. The van der Waals surface area contributed by atoms with Crippen molar-refractivity contribution in [2.45, 2.75) is 13.5 Å². The van der Waals surface area contributed by atoms with Crippen molar-refractivity contribution in [1.82, 2.24) is 0 Å². The van der Waals surface area contributed by atoms with Gasteiger partial charge < -0.3 is 9.47 Å². The van der Waals surface area contributed by atoms with E-state index in [9.17, 15) is 4.79 Å². The lowest BCUT2D eigenvalue weighted by Crippen LogP contribution is -2.04. The number of ether oxygens (including phenoxy) is 2. The first-order valence-corrected chi connectivity index (χ1v) is 4.30. The molecule has 0 saturated carbocycles. The molecule has 1 aromatic carbocycles. The molecule has 0 unspecified atom stereocenters. The lowest BCUT2D eigenvalue weighted by atomic mass is 10.2. The van der Waals surface area contributed by atoms with Crippen LogP contribution in [0.15, 0.2) is 30.4 Å². The molecule has 0 atom stereocenters. The Bertz CT molecular complexity index is 407. The summed E-state index contributed by atoms with van der Waals surface area (Å²) in [6.45, 7) is 5.39. The summed E-state index contributed by atoms with van der Waals surface area (Å²) >= 11 is 0. The molecule has 72 valence electrons. The molecule has 0 spiro atoms. The van der Waals surface area contributed by atoms with Crippen LogP contribution in [0.5, 0.6) is 11.5 Å². The van der Waals surface area contributed by atoms with Gasteiger partial charge in [0.25, 0.3) is 0 Å². The van der Waals surface area contributed by atoms with Gasteiger partial charge in [-0.05, 0) is 24.6 Å². The Morgan fingerprint density at radius 1 is 1.50 bits per heavy atom. The van der Waals surface area contributed by atoms with Gasteiger partial charge in [-0.1, -0.05) is 12.6 Å². The molecule has 0 aromatic heterocycles. The van der Waals surface area contributed by atoms with Gasteiger partial charge in [-0.3, -0.25) is 0 Å². The fourth-order valence-corrected chi connectivity index (χ4v) is 1.07. The minimum atomic E-state index is -0.365. The van der Waals surface area contributed by atoms with Crippen molar-refractivity contribution in [1.29, 1.82) is 0 Å². The van der Waals surface area contributed by atoms with Crippen molar-refractivity contribution < 1.29 is 14.3 Å². The summed E-state index contributed by atoms with van der Waals surface area (Å²) in [7, 11) is 0. The minimum Gasteiger partial charge on any atom is -0.457 e. The van der Waals surface area contributed by atoms with E-state index in [1.54, 1.807) is 6.92 Å².